The molecule has 0 aromatic heterocycles. The molecule has 1 aliphatic heterocycles. The summed E-state index contributed by atoms with van der Waals surface area (Å²) in [6.07, 6.45) is 4.27. The van der Waals surface area contributed by atoms with Crippen LogP contribution in [-0.4, -0.2) is 30.2 Å². The van der Waals surface area contributed by atoms with E-state index in [0.29, 0.717) is 17.9 Å². The molecule has 1 aromatic rings. The summed E-state index contributed by atoms with van der Waals surface area (Å²) in [4.78, 5) is 23.8. The van der Waals surface area contributed by atoms with Crippen LogP contribution < -0.4 is 5.32 Å². The number of carbonyl (C=O) groups is 2. The maximum atomic E-state index is 12.2. The van der Waals surface area contributed by atoms with Crippen LogP contribution in [0.2, 0.25) is 0 Å². The molecule has 0 bridgehead atoms. The zero-order valence-electron chi connectivity index (χ0n) is 14.5. The summed E-state index contributed by atoms with van der Waals surface area (Å²) in [5.41, 5.74) is 2.58. The van der Waals surface area contributed by atoms with Gasteiger partial charge in [-0.25, -0.2) is 4.79 Å². The molecule has 0 saturated carbocycles. The normalized spacial score (nSPS) is 16.6. The van der Waals surface area contributed by atoms with Crippen LogP contribution in [0.25, 0.3) is 0 Å². The number of ether oxygens (including phenoxy) is 1. The second-order valence-electron chi connectivity index (χ2n) is 6.58. The smallest absolute Gasteiger partial charge is 0.330 e. The lowest BCUT2D eigenvalue weighted by Gasteiger charge is -2.22. The van der Waals surface area contributed by atoms with Gasteiger partial charge in [-0.05, 0) is 62.1 Å². The number of hydrogen-bond donors (Lipinski definition) is 2. The molecule has 1 unspecified atom stereocenters. The van der Waals surface area contributed by atoms with Crippen molar-refractivity contribution in [1.29, 1.82) is 0 Å². The number of hydrogen-bond acceptors (Lipinski definition) is 3. The van der Waals surface area contributed by atoms with Crippen LogP contribution in [0.15, 0.2) is 18.2 Å². The third-order valence-electron chi connectivity index (χ3n) is 4.87. The highest BCUT2D eigenvalue weighted by molar-refractivity contribution is 5.84. The molecule has 0 radical (unpaired) electrons. The topological polar surface area (TPSA) is 75.6 Å². The summed E-state index contributed by atoms with van der Waals surface area (Å²) in [6, 6.07) is 4.54. The van der Waals surface area contributed by atoms with Crippen molar-refractivity contribution in [2.24, 2.45) is 5.92 Å². The van der Waals surface area contributed by atoms with E-state index in [1.54, 1.807) is 6.07 Å². The predicted molar refractivity (Wildman–Crippen MR) is 91.8 cm³/mol. The molecule has 24 heavy (non-hydrogen) atoms. The van der Waals surface area contributed by atoms with Gasteiger partial charge in [-0.3, -0.25) is 4.79 Å². The van der Waals surface area contributed by atoms with Crippen LogP contribution in [0.3, 0.4) is 0 Å². The fourth-order valence-electron chi connectivity index (χ4n) is 3.18. The van der Waals surface area contributed by atoms with E-state index in [1.165, 1.54) is 0 Å². The molecule has 5 nitrogen and oxygen atoms in total. The van der Waals surface area contributed by atoms with E-state index in [9.17, 15) is 14.7 Å². The molecular weight excluding hydrogens is 306 g/mol. The Hall–Kier alpha value is -1.88. The highest BCUT2D eigenvalue weighted by Crippen LogP contribution is 2.23. The van der Waals surface area contributed by atoms with Crippen molar-refractivity contribution in [2.75, 3.05) is 13.2 Å². The van der Waals surface area contributed by atoms with Gasteiger partial charge in [0.2, 0.25) is 5.91 Å². The van der Waals surface area contributed by atoms with Gasteiger partial charge in [0.05, 0.1) is 0 Å². The van der Waals surface area contributed by atoms with Crippen LogP contribution in [0, 0.1) is 19.8 Å². The molecule has 1 fully saturated rings. The Morgan fingerprint density at radius 3 is 2.67 bits per heavy atom. The van der Waals surface area contributed by atoms with Crippen molar-refractivity contribution in [1.82, 2.24) is 5.32 Å². The minimum absolute atomic E-state index is 0.199. The molecule has 132 valence electrons. The van der Waals surface area contributed by atoms with Gasteiger partial charge in [0.25, 0.3) is 0 Å². The molecule has 0 aliphatic carbocycles. The van der Waals surface area contributed by atoms with E-state index in [-0.39, 0.29) is 5.91 Å². The fourth-order valence-corrected chi connectivity index (χ4v) is 3.18. The van der Waals surface area contributed by atoms with Gasteiger partial charge < -0.3 is 15.2 Å². The lowest BCUT2D eigenvalue weighted by atomic mass is 9.94. The molecule has 2 N–H and O–H groups in total. The fraction of sp³-hybridized carbons (Fsp3) is 0.579. The average molecular weight is 333 g/mol. The standard InChI is InChI=1S/C19H27NO4/c1-13-5-3-7-16(14(13)2)18(19(22)23)20-17(21)8-4-6-15-9-11-24-12-10-15/h3,5,7,15,18H,4,6,8-12H2,1-2H3,(H,20,21)(H,22,23). The summed E-state index contributed by atoms with van der Waals surface area (Å²) in [6.45, 7) is 5.44. The zero-order chi connectivity index (χ0) is 17.5. The first-order valence-electron chi connectivity index (χ1n) is 8.65. The number of amides is 1. The van der Waals surface area contributed by atoms with E-state index in [0.717, 1.165) is 50.0 Å². The summed E-state index contributed by atoms with van der Waals surface area (Å²) in [5.74, 6) is -0.599. The lowest BCUT2D eigenvalue weighted by molar-refractivity contribution is -0.142. The molecule has 1 saturated heterocycles. The van der Waals surface area contributed by atoms with Crippen LogP contribution >= 0.6 is 0 Å². The van der Waals surface area contributed by atoms with E-state index in [4.69, 9.17) is 4.74 Å². The van der Waals surface area contributed by atoms with Gasteiger partial charge in [-0.2, -0.15) is 0 Å². The summed E-state index contributed by atoms with van der Waals surface area (Å²) < 4.78 is 5.33. The number of nitrogens with one attached hydrogen (secondary N) is 1. The van der Waals surface area contributed by atoms with E-state index in [2.05, 4.69) is 5.32 Å². The third-order valence-corrected chi connectivity index (χ3v) is 4.87. The van der Waals surface area contributed by atoms with Crippen LogP contribution in [-0.2, 0) is 14.3 Å². The Morgan fingerprint density at radius 1 is 1.29 bits per heavy atom. The van der Waals surface area contributed by atoms with Gasteiger partial charge >= 0.3 is 5.97 Å². The van der Waals surface area contributed by atoms with Crippen molar-refractivity contribution in [3.8, 4) is 0 Å². The summed E-state index contributed by atoms with van der Waals surface area (Å²) in [5, 5.41) is 12.2. The Kier molecular flexibility index (Phi) is 6.79. The Labute approximate surface area is 143 Å². The maximum absolute atomic E-state index is 12.2. The first kappa shape index (κ1) is 18.5. The number of carboxylic acid groups (broad SMARTS) is 1. The van der Waals surface area contributed by atoms with E-state index < -0.39 is 12.0 Å². The van der Waals surface area contributed by atoms with Crippen LogP contribution in [0.4, 0.5) is 0 Å². The SMILES string of the molecule is Cc1cccc(C(NC(=O)CCCC2CCOCC2)C(=O)O)c1C. The van der Waals surface area contributed by atoms with Gasteiger partial charge in [0, 0.05) is 19.6 Å². The first-order chi connectivity index (χ1) is 11.5. The minimum atomic E-state index is -1.03. The second kappa shape index (κ2) is 8.83. The molecule has 0 spiro atoms. The predicted octanol–water partition coefficient (Wildman–Crippen LogP) is 3.14. The van der Waals surface area contributed by atoms with Gasteiger partial charge in [0.15, 0.2) is 6.04 Å². The summed E-state index contributed by atoms with van der Waals surface area (Å²) >= 11 is 0. The molecule has 1 heterocycles. The molecule has 2 rings (SSSR count). The van der Waals surface area contributed by atoms with Crippen molar-refractivity contribution in [3.63, 3.8) is 0 Å². The molecule has 1 amide bonds. The highest BCUT2D eigenvalue weighted by Gasteiger charge is 2.24. The van der Waals surface area contributed by atoms with E-state index in [1.807, 2.05) is 26.0 Å². The second-order valence-corrected chi connectivity index (χ2v) is 6.58. The monoisotopic (exact) mass is 333 g/mol. The molecule has 1 aromatic carbocycles. The summed E-state index contributed by atoms with van der Waals surface area (Å²) in [7, 11) is 0. The van der Waals surface area contributed by atoms with Gasteiger partial charge in [-0.15, -0.1) is 0 Å². The lowest BCUT2D eigenvalue weighted by Crippen LogP contribution is -2.34. The van der Waals surface area contributed by atoms with Crippen molar-refractivity contribution in [2.45, 2.75) is 52.0 Å². The number of aryl methyl sites for hydroxylation is 1. The molecule has 1 aliphatic rings. The third kappa shape index (κ3) is 5.06. The Morgan fingerprint density at radius 2 is 2.00 bits per heavy atom. The number of carboxylic acids is 1. The average Bonchev–Trinajstić information content (AvgIpc) is 2.56. The van der Waals surface area contributed by atoms with Gasteiger partial charge in [-0.1, -0.05) is 18.2 Å². The number of rotatable bonds is 7. The largest absolute Gasteiger partial charge is 0.479 e. The van der Waals surface area contributed by atoms with Gasteiger partial charge in [0.1, 0.15) is 0 Å². The highest BCUT2D eigenvalue weighted by atomic mass is 16.5. The Bertz CT molecular complexity index is 579. The first-order valence-corrected chi connectivity index (χ1v) is 8.65. The molecular formula is C19H27NO4. The number of benzene rings is 1. The minimum Gasteiger partial charge on any atom is -0.479 e. The number of carbonyl (C=O) groups excluding carboxylic acids is 1. The number of aliphatic carboxylic acids is 1. The quantitative estimate of drug-likeness (QED) is 0.804. The van der Waals surface area contributed by atoms with Crippen molar-refractivity contribution in [3.05, 3.63) is 34.9 Å². The maximum Gasteiger partial charge on any atom is 0.330 e. The Balaban J connectivity index is 1.89. The molecule has 1 atom stereocenters. The van der Waals surface area contributed by atoms with Crippen LogP contribution in [0.5, 0.6) is 0 Å². The van der Waals surface area contributed by atoms with Crippen molar-refractivity contribution >= 4 is 11.9 Å². The van der Waals surface area contributed by atoms with Crippen LogP contribution in [0.1, 0.15) is 54.8 Å². The van der Waals surface area contributed by atoms with Crippen molar-refractivity contribution < 1.29 is 19.4 Å². The van der Waals surface area contributed by atoms with E-state index >= 15 is 0 Å². The molecule has 5 heteroatoms. The zero-order valence-corrected chi connectivity index (χ0v) is 14.5.